The molecule has 8 nitrogen and oxygen atoms in total. The fraction of sp³-hybridized carbons (Fsp3) is 0.500. The highest BCUT2D eigenvalue weighted by atomic mass is 16.1. The predicted octanol–water partition coefficient (Wildman–Crippen LogP) is 2.55. The third-order valence-electron chi connectivity index (χ3n) is 7.42. The molecular weight excluding hydrogens is 378 g/mol. The highest BCUT2D eigenvalue weighted by molar-refractivity contribution is 6.00. The largest absolute Gasteiger partial charge is 0.346 e. The molecule has 4 bridgehead atoms. The van der Waals surface area contributed by atoms with Gasteiger partial charge in [-0.1, -0.05) is 18.2 Å². The molecule has 0 radical (unpaired) electrons. The zero-order chi connectivity index (χ0) is 20.3. The van der Waals surface area contributed by atoms with Crippen molar-refractivity contribution >= 4 is 5.91 Å². The smallest absolute Gasteiger partial charge is 0.252 e. The summed E-state index contributed by atoms with van der Waals surface area (Å²) < 4.78 is 1.95. The fourth-order valence-corrected chi connectivity index (χ4v) is 6.79. The first-order valence-corrected chi connectivity index (χ1v) is 10.7. The van der Waals surface area contributed by atoms with Crippen LogP contribution >= 0.6 is 0 Å². The Kier molecular flexibility index (Phi) is 3.70. The van der Waals surface area contributed by atoms with E-state index in [9.17, 15) is 4.79 Å². The van der Waals surface area contributed by atoms with E-state index >= 15 is 0 Å². The molecule has 4 fully saturated rings. The lowest BCUT2D eigenvalue weighted by molar-refractivity contribution is -0.0810. The van der Waals surface area contributed by atoms with Crippen molar-refractivity contribution in [2.45, 2.75) is 49.6 Å². The molecule has 1 amide bonds. The second kappa shape index (κ2) is 6.23. The van der Waals surface area contributed by atoms with Gasteiger partial charge in [0.15, 0.2) is 6.33 Å². The van der Waals surface area contributed by atoms with Gasteiger partial charge in [0.1, 0.15) is 5.82 Å². The van der Waals surface area contributed by atoms with E-state index in [1.165, 1.54) is 12.7 Å². The number of tetrazole rings is 1. The molecule has 2 unspecified atom stereocenters. The number of imidazole rings is 1. The first-order valence-electron chi connectivity index (χ1n) is 10.7. The summed E-state index contributed by atoms with van der Waals surface area (Å²) in [4.78, 5) is 19.8. The summed E-state index contributed by atoms with van der Waals surface area (Å²) in [6.45, 7) is 0. The predicted molar refractivity (Wildman–Crippen MR) is 109 cm³/mol. The number of aryl methyl sites for hydroxylation is 1. The maximum atomic E-state index is 13.5. The van der Waals surface area contributed by atoms with Gasteiger partial charge in [0.05, 0.1) is 11.1 Å². The molecule has 3 aromatic rings. The molecule has 0 aliphatic heterocycles. The zero-order valence-corrected chi connectivity index (χ0v) is 17.0. The molecule has 2 aromatic heterocycles. The topological polar surface area (TPSA) is 90.5 Å². The van der Waals surface area contributed by atoms with Crippen molar-refractivity contribution in [1.29, 1.82) is 0 Å². The Morgan fingerprint density at radius 2 is 1.97 bits per heavy atom. The van der Waals surface area contributed by atoms with Crippen molar-refractivity contribution in [3.05, 3.63) is 48.5 Å². The van der Waals surface area contributed by atoms with Crippen molar-refractivity contribution in [3.63, 3.8) is 0 Å². The van der Waals surface area contributed by atoms with E-state index in [0.717, 1.165) is 43.5 Å². The van der Waals surface area contributed by atoms with E-state index in [2.05, 4.69) is 25.7 Å². The Labute approximate surface area is 174 Å². The molecule has 2 heterocycles. The molecule has 2 atom stereocenters. The lowest BCUT2D eigenvalue weighted by Gasteiger charge is -2.61. The van der Waals surface area contributed by atoms with Crippen molar-refractivity contribution < 1.29 is 4.79 Å². The van der Waals surface area contributed by atoms with Gasteiger partial charge in [0.2, 0.25) is 0 Å². The SMILES string of the molecule is Cn1ccnc1-c1ccccc1C(=O)NC12CC3CC(C1)CC(n1ncnn1)(C3)C2. The molecule has 0 spiro atoms. The number of benzene rings is 1. The van der Waals surface area contributed by atoms with Crippen molar-refractivity contribution in [2.24, 2.45) is 18.9 Å². The minimum atomic E-state index is -0.205. The average molecular weight is 403 g/mol. The molecule has 0 saturated heterocycles. The minimum absolute atomic E-state index is 0.0164. The number of carbonyl (C=O) groups excluding carboxylic acids is 1. The number of rotatable bonds is 4. The van der Waals surface area contributed by atoms with Gasteiger partial charge in [-0.25, -0.2) is 4.98 Å². The normalized spacial score (nSPS) is 31.8. The molecular formula is C22H25N7O. The first kappa shape index (κ1) is 17.8. The summed E-state index contributed by atoms with van der Waals surface area (Å²) in [6.07, 6.45) is 11.6. The molecule has 7 rings (SSSR count). The molecule has 4 aliphatic rings. The van der Waals surface area contributed by atoms with Gasteiger partial charge < -0.3 is 9.88 Å². The van der Waals surface area contributed by atoms with Crippen LogP contribution in [0.4, 0.5) is 0 Å². The second-order valence-corrected chi connectivity index (χ2v) is 9.55. The summed E-state index contributed by atoms with van der Waals surface area (Å²) >= 11 is 0. The Bertz CT molecular complexity index is 1090. The van der Waals surface area contributed by atoms with Gasteiger partial charge in [-0.05, 0) is 61.6 Å². The van der Waals surface area contributed by atoms with Crippen molar-refractivity contribution in [2.75, 3.05) is 0 Å². The molecule has 4 saturated carbocycles. The second-order valence-electron chi connectivity index (χ2n) is 9.55. The highest BCUT2D eigenvalue weighted by Crippen LogP contribution is 2.60. The van der Waals surface area contributed by atoms with E-state index in [4.69, 9.17) is 0 Å². The molecule has 30 heavy (non-hydrogen) atoms. The summed E-state index contributed by atoms with van der Waals surface area (Å²) in [5.41, 5.74) is 1.21. The van der Waals surface area contributed by atoms with Crippen LogP contribution in [0.25, 0.3) is 11.4 Å². The van der Waals surface area contributed by atoms with Crippen LogP contribution in [-0.2, 0) is 12.6 Å². The van der Waals surface area contributed by atoms with Crippen LogP contribution in [0.5, 0.6) is 0 Å². The van der Waals surface area contributed by atoms with Crippen LogP contribution in [0.1, 0.15) is 48.9 Å². The number of amides is 1. The highest BCUT2D eigenvalue weighted by Gasteiger charge is 2.60. The van der Waals surface area contributed by atoms with Crippen LogP contribution in [0.15, 0.2) is 43.0 Å². The molecule has 154 valence electrons. The Balaban J connectivity index is 1.34. The van der Waals surface area contributed by atoms with Gasteiger partial charge in [-0.3, -0.25) is 4.79 Å². The third kappa shape index (κ3) is 2.62. The monoisotopic (exact) mass is 403 g/mol. The van der Waals surface area contributed by atoms with Crippen LogP contribution in [0, 0.1) is 11.8 Å². The van der Waals surface area contributed by atoms with Crippen LogP contribution < -0.4 is 5.32 Å². The van der Waals surface area contributed by atoms with Gasteiger partial charge in [0.25, 0.3) is 5.91 Å². The summed E-state index contributed by atoms with van der Waals surface area (Å²) in [5, 5.41) is 16.1. The van der Waals surface area contributed by atoms with E-state index in [0.29, 0.717) is 17.4 Å². The fourth-order valence-electron chi connectivity index (χ4n) is 6.79. The molecule has 1 aromatic carbocycles. The summed E-state index contributed by atoms with van der Waals surface area (Å²) in [7, 11) is 1.95. The third-order valence-corrected chi connectivity index (χ3v) is 7.42. The molecule has 4 aliphatic carbocycles. The van der Waals surface area contributed by atoms with E-state index in [1.54, 1.807) is 6.20 Å². The number of hydrogen-bond donors (Lipinski definition) is 1. The number of carbonyl (C=O) groups is 1. The average Bonchev–Trinajstić information content (AvgIpc) is 3.39. The zero-order valence-electron chi connectivity index (χ0n) is 17.0. The maximum absolute atomic E-state index is 13.5. The minimum Gasteiger partial charge on any atom is -0.346 e. The van der Waals surface area contributed by atoms with Crippen LogP contribution in [0.3, 0.4) is 0 Å². The van der Waals surface area contributed by atoms with Gasteiger partial charge >= 0.3 is 0 Å². The number of hydrogen-bond acceptors (Lipinski definition) is 5. The quantitative estimate of drug-likeness (QED) is 0.723. The molecule has 8 heteroatoms. The van der Waals surface area contributed by atoms with Crippen LogP contribution in [0.2, 0.25) is 0 Å². The molecule has 1 N–H and O–H groups in total. The van der Waals surface area contributed by atoms with Crippen molar-refractivity contribution in [1.82, 2.24) is 35.1 Å². The van der Waals surface area contributed by atoms with Gasteiger partial charge in [-0.2, -0.15) is 4.80 Å². The van der Waals surface area contributed by atoms with E-state index in [-0.39, 0.29) is 17.0 Å². The lowest BCUT2D eigenvalue weighted by Crippen LogP contribution is -2.66. The van der Waals surface area contributed by atoms with Crippen molar-refractivity contribution in [3.8, 4) is 11.4 Å². The first-order chi connectivity index (χ1) is 14.6. The standard InChI is InChI=1S/C22H25N7O/c1-28-7-6-23-19(28)17-4-2-3-5-18(17)20(30)26-21-9-15-8-16(10-21)12-22(11-15,13-21)29-25-14-24-27-29/h2-7,14-16H,8-13H2,1H3,(H,26,30). The van der Waals surface area contributed by atoms with Gasteiger partial charge in [-0.15, -0.1) is 10.2 Å². The van der Waals surface area contributed by atoms with E-state index in [1.807, 2.05) is 46.9 Å². The number of nitrogens with one attached hydrogen (secondary N) is 1. The van der Waals surface area contributed by atoms with Gasteiger partial charge in [0, 0.05) is 30.5 Å². The number of nitrogens with zero attached hydrogens (tertiary/aromatic N) is 6. The lowest BCUT2D eigenvalue weighted by atomic mass is 9.50. The Morgan fingerprint density at radius 1 is 1.17 bits per heavy atom. The Morgan fingerprint density at radius 3 is 2.67 bits per heavy atom. The Hall–Kier alpha value is -3.03. The summed E-state index contributed by atoms with van der Waals surface area (Å²) in [5.74, 6) is 1.98. The summed E-state index contributed by atoms with van der Waals surface area (Å²) in [6, 6.07) is 7.74. The number of aromatic nitrogens is 6. The van der Waals surface area contributed by atoms with E-state index < -0.39 is 0 Å². The maximum Gasteiger partial charge on any atom is 0.252 e. The van der Waals surface area contributed by atoms with Crippen LogP contribution in [-0.4, -0.2) is 41.2 Å².